The Kier molecular flexibility index (Phi) is 5.17. The zero-order valence-electron chi connectivity index (χ0n) is 11.2. The fraction of sp³-hybridized carbons (Fsp3) is 0.533. The Balaban J connectivity index is 1.82. The molecule has 0 aliphatic heterocycles. The third-order valence-corrected chi connectivity index (χ3v) is 4.54. The van der Waals surface area contributed by atoms with Crippen molar-refractivity contribution < 1.29 is 4.79 Å². The van der Waals surface area contributed by atoms with Crippen LogP contribution in [-0.2, 0) is 11.2 Å². The second kappa shape index (κ2) is 6.67. The summed E-state index contributed by atoms with van der Waals surface area (Å²) in [4.78, 5) is 11.9. The number of hydrogen-bond acceptors (Lipinski definition) is 2. The van der Waals surface area contributed by atoms with Crippen LogP contribution in [0.2, 0.25) is 5.02 Å². The molecule has 0 radical (unpaired) electrons. The van der Waals surface area contributed by atoms with Crippen molar-refractivity contribution in [2.45, 2.75) is 38.1 Å². The monoisotopic (exact) mass is 297 g/mol. The maximum absolute atomic E-state index is 11.9. The molecule has 1 N–H and O–H groups in total. The molecule has 104 valence electrons. The Morgan fingerprint density at radius 2 is 2.05 bits per heavy atom. The quantitative estimate of drug-likeness (QED) is 0.778. The number of hydrogen-bond donors (Lipinski definition) is 1. The number of rotatable bonds is 7. The minimum atomic E-state index is 0.0157. The van der Waals surface area contributed by atoms with Gasteiger partial charge in [-0.05, 0) is 42.7 Å². The average molecular weight is 298 g/mol. The fourth-order valence-corrected chi connectivity index (χ4v) is 2.90. The summed E-state index contributed by atoms with van der Waals surface area (Å²) in [7, 11) is 0. The molecule has 0 unspecified atom stereocenters. The molecule has 0 heterocycles. The summed E-state index contributed by atoms with van der Waals surface area (Å²) < 4.78 is 0. The summed E-state index contributed by atoms with van der Waals surface area (Å²) in [6, 6.07) is 7.91. The van der Waals surface area contributed by atoms with Crippen LogP contribution in [0.1, 0.15) is 31.7 Å². The van der Waals surface area contributed by atoms with Gasteiger partial charge in [-0.15, -0.1) is 0 Å². The Bertz CT molecular complexity index is 428. The maximum Gasteiger partial charge on any atom is 0.221 e. The highest BCUT2D eigenvalue weighted by atomic mass is 35.5. The number of halogens is 1. The van der Waals surface area contributed by atoms with Crippen LogP contribution in [0.3, 0.4) is 0 Å². The van der Waals surface area contributed by atoms with Gasteiger partial charge in [0.25, 0.3) is 0 Å². The topological polar surface area (TPSA) is 29.1 Å². The lowest BCUT2D eigenvalue weighted by atomic mass is 10.0. The van der Waals surface area contributed by atoms with Gasteiger partial charge in [0.05, 0.1) is 0 Å². The molecule has 0 spiro atoms. The molecule has 1 aromatic rings. The highest BCUT2D eigenvalue weighted by molar-refractivity contribution is 7.99. The lowest BCUT2D eigenvalue weighted by Gasteiger charge is -2.17. The smallest absolute Gasteiger partial charge is 0.221 e. The van der Waals surface area contributed by atoms with Gasteiger partial charge in [0.2, 0.25) is 5.91 Å². The average Bonchev–Trinajstić information content (AvgIpc) is 3.12. The van der Waals surface area contributed by atoms with Crippen molar-refractivity contribution in [3.63, 3.8) is 0 Å². The van der Waals surface area contributed by atoms with Gasteiger partial charge < -0.3 is 5.32 Å². The first-order valence-electron chi connectivity index (χ1n) is 6.77. The van der Waals surface area contributed by atoms with E-state index in [-0.39, 0.29) is 11.4 Å². The molecular weight excluding hydrogens is 278 g/mol. The lowest BCUT2D eigenvalue weighted by Crippen LogP contribution is -2.38. The van der Waals surface area contributed by atoms with Gasteiger partial charge >= 0.3 is 0 Å². The van der Waals surface area contributed by atoms with E-state index in [0.717, 1.165) is 35.8 Å². The second-order valence-electron chi connectivity index (χ2n) is 5.08. The summed E-state index contributed by atoms with van der Waals surface area (Å²) in [5, 5.41) is 3.96. The molecule has 0 saturated heterocycles. The highest BCUT2D eigenvalue weighted by Crippen LogP contribution is 2.38. The third-order valence-electron chi connectivity index (χ3n) is 3.39. The molecule has 1 saturated carbocycles. The molecule has 19 heavy (non-hydrogen) atoms. The van der Waals surface area contributed by atoms with Crippen molar-refractivity contribution in [2.24, 2.45) is 0 Å². The predicted molar refractivity (Wildman–Crippen MR) is 82.9 cm³/mol. The SMILES string of the molecule is CCSCCC(=O)NC1(Cc2ccc(Cl)cc2)CC1. The molecule has 1 fully saturated rings. The summed E-state index contributed by atoms with van der Waals surface area (Å²) in [5.74, 6) is 2.18. The van der Waals surface area contributed by atoms with Gasteiger partial charge in [-0.1, -0.05) is 30.7 Å². The minimum absolute atomic E-state index is 0.0157. The van der Waals surface area contributed by atoms with E-state index < -0.39 is 0 Å². The molecule has 1 aliphatic rings. The highest BCUT2D eigenvalue weighted by Gasteiger charge is 2.43. The molecule has 0 atom stereocenters. The van der Waals surface area contributed by atoms with E-state index in [1.165, 1.54) is 5.56 Å². The number of thioether (sulfide) groups is 1. The van der Waals surface area contributed by atoms with Gasteiger partial charge in [-0.3, -0.25) is 4.79 Å². The first kappa shape index (κ1) is 14.7. The maximum atomic E-state index is 11.9. The van der Waals surface area contributed by atoms with E-state index >= 15 is 0 Å². The zero-order chi connectivity index (χ0) is 13.7. The number of benzene rings is 1. The predicted octanol–water partition coefficient (Wildman–Crippen LogP) is 3.67. The van der Waals surface area contributed by atoms with Crippen LogP contribution in [0.15, 0.2) is 24.3 Å². The zero-order valence-corrected chi connectivity index (χ0v) is 12.8. The molecule has 2 rings (SSSR count). The van der Waals surface area contributed by atoms with Crippen LogP contribution in [0.4, 0.5) is 0 Å². The Morgan fingerprint density at radius 3 is 2.63 bits per heavy atom. The van der Waals surface area contributed by atoms with Gasteiger partial charge in [-0.25, -0.2) is 0 Å². The second-order valence-corrected chi connectivity index (χ2v) is 6.91. The minimum Gasteiger partial charge on any atom is -0.350 e. The molecule has 1 amide bonds. The van der Waals surface area contributed by atoms with E-state index in [0.29, 0.717) is 6.42 Å². The first-order chi connectivity index (χ1) is 9.13. The van der Waals surface area contributed by atoms with Gasteiger partial charge in [-0.2, -0.15) is 11.8 Å². The fourth-order valence-electron chi connectivity index (χ4n) is 2.16. The number of amides is 1. The van der Waals surface area contributed by atoms with Crippen LogP contribution in [-0.4, -0.2) is 23.0 Å². The third kappa shape index (κ3) is 4.73. The summed E-state index contributed by atoms with van der Waals surface area (Å²) in [6.45, 7) is 2.12. The van der Waals surface area contributed by atoms with Crippen LogP contribution in [0, 0.1) is 0 Å². The summed E-state index contributed by atoms with van der Waals surface area (Å²) in [5.41, 5.74) is 1.26. The largest absolute Gasteiger partial charge is 0.350 e. The number of nitrogens with one attached hydrogen (secondary N) is 1. The standard InChI is InChI=1S/C15H20ClNOS/c1-2-19-10-7-14(18)17-15(8-9-15)11-12-3-5-13(16)6-4-12/h3-6H,2,7-11H2,1H3,(H,17,18). The summed E-state index contributed by atoms with van der Waals surface area (Å²) in [6.07, 6.45) is 3.71. The molecule has 0 bridgehead atoms. The van der Waals surface area contributed by atoms with Gasteiger partial charge in [0.15, 0.2) is 0 Å². The van der Waals surface area contributed by atoms with Crippen molar-refractivity contribution in [1.29, 1.82) is 0 Å². The number of carbonyl (C=O) groups excluding carboxylic acids is 1. The molecule has 4 heteroatoms. The van der Waals surface area contributed by atoms with E-state index in [2.05, 4.69) is 12.2 Å². The molecule has 0 aromatic heterocycles. The van der Waals surface area contributed by atoms with Crippen molar-refractivity contribution in [3.05, 3.63) is 34.9 Å². The van der Waals surface area contributed by atoms with Crippen molar-refractivity contribution in [2.75, 3.05) is 11.5 Å². The van der Waals surface area contributed by atoms with Crippen molar-refractivity contribution in [3.8, 4) is 0 Å². The first-order valence-corrected chi connectivity index (χ1v) is 8.30. The van der Waals surface area contributed by atoms with Gasteiger partial charge in [0.1, 0.15) is 0 Å². The van der Waals surface area contributed by atoms with Crippen LogP contribution in [0.5, 0.6) is 0 Å². The Morgan fingerprint density at radius 1 is 1.37 bits per heavy atom. The van der Waals surface area contributed by atoms with Crippen LogP contribution in [0.25, 0.3) is 0 Å². The molecule has 1 aliphatic carbocycles. The molecule has 2 nitrogen and oxygen atoms in total. The number of carbonyl (C=O) groups is 1. The normalized spacial score (nSPS) is 16.1. The molecular formula is C15H20ClNOS. The van der Waals surface area contributed by atoms with Crippen molar-refractivity contribution >= 4 is 29.3 Å². The van der Waals surface area contributed by atoms with Crippen LogP contribution < -0.4 is 5.32 Å². The molecule has 1 aromatic carbocycles. The van der Waals surface area contributed by atoms with E-state index in [1.54, 1.807) is 0 Å². The Hall–Kier alpha value is -0.670. The lowest BCUT2D eigenvalue weighted by molar-refractivity contribution is -0.121. The van der Waals surface area contributed by atoms with E-state index in [9.17, 15) is 4.79 Å². The van der Waals surface area contributed by atoms with Gasteiger partial charge in [0, 0.05) is 22.7 Å². The van der Waals surface area contributed by atoms with E-state index in [1.807, 2.05) is 36.0 Å². The van der Waals surface area contributed by atoms with E-state index in [4.69, 9.17) is 11.6 Å². The van der Waals surface area contributed by atoms with Crippen molar-refractivity contribution in [1.82, 2.24) is 5.32 Å². The van der Waals surface area contributed by atoms with Crippen LogP contribution >= 0.6 is 23.4 Å². The Labute approximate surface area is 124 Å². The summed E-state index contributed by atoms with van der Waals surface area (Å²) >= 11 is 7.69.